The summed E-state index contributed by atoms with van der Waals surface area (Å²) in [5.41, 5.74) is 0.830. The van der Waals surface area contributed by atoms with Gasteiger partial charge in [0.1, 0.15) is 5.82 Å². The molecule has 0 spiro atoms. The van der Waals surface area contributed by atoms with Crippen molar-refractivity contribution in [1.29, 1.82) is 0 Å². The number of imidazole rings is 1. The number of benzene rings is 1. The number of hydrogen-bond donors (Lipinski definition) is 1. The highest BCUT2D eigenvalue weighted by molar-refractivity contribution is 5.91. The summed E-state index contributed by atoms with van der Waals surface area (Å²) in [6, 6.07) is 6.27. The fourth-order valence-corrected chi connectivity index (χ4v) is 4.78. The van der Waals surface area contributed by atoms with Gasteiger partial charge in [-0.1, -0.05) is 25.0 Å². The van der Waals surface area contributed by atoms with Gasteiger partial charge in [0.25, 0.3) is 5.91 Å². The Kier molecular flexibility index (Phi) is 5.15. The van der Waals surface area contributed by atoms with Gasteiger partial charge in [-0.2, -0.15) is 0 Å². The van der Waals surface area contributed by atoms with E-state index in [9.17, 15) is 14.0 Å². The van der Waals surface area contributed by atoms with Crippen LogP contribution in [0.3, 0.4) is 0 Å². The summed E-state index contributed by atoms with van der Waals surface area (Å²) < 4.78 is 13.9. The molecule has 148 valence electrons. The third-order valence-corrected chi connectivity index (χ3v) is 6.00. The third kappa shape index (κ3) is 3.41. The molecular formula is C21H25FN4O2. The quantitative estimate of drug-likeness (QED) is 0.866. The lowest BCUT2D eigenvalue weighted by molar-refractivity contribution is -0.132. The second kappa shape index (κ2) is 7.73. The van der Waals surface area contributed by atoms with Gasteiger partial charge in [0.05, 0.1) is 12.1 Å². The first-order valence-corrected chi connectivity index (χ1v) is 9.89. The predicted molar refractivity (Wildman–Crippen MR) is 102 cm³/mol. The Balaban J connectivity index is 1.76. The maximum absolute atomic E-state index is 13.9. The minimum atomic E-state index is -0.301. The van der Waals surface area contributed by atoms with Gasteiger partial charge in [0.2, 0.25) is 5.91 Å². The topological polar surface area (TPSA) is 69.3 Å². The SMILES string of the molecule is CC(=O)N1CCCCC[C@@H]2[C@@H]1[C@H](c1cccc(F)c1)CN2C(=O)c1ncc[nH]1. The number of halogens is 1. The monoisotopic (exact) mass is 384 g/mol. The Morgan fingerprint density at radius 2 is 2.07 bits per heavy atom. The molecule has 2 aromatic rings. The zero-order valence-electron chi connectivity index (χ0n) is 16.0. The molecule has 0 bridgehead atoms. The Labute approximate surface area is 163 Å². The second-order valence-electron chi connectivity index (χ2n) is 7.68. The van der Waals surface area contributed by atoms with Gasteiger partial charge in [-0.05, 0) is 30.5 Å². The number of rotatable bonds is 2. The van der Waals surface area contributed by atoms with Crippen molar-refractivity contribution in [1.82, 2.24) is 19.8 Å². The number of hydrogen-bond acceptors (Lipinski definition) is 3. The molecule has 4 rings (SSSR count). The molecule has 7 heteroatoms. The number of carbonyl (C=O) groups excluding carboxylic acids is 2. The van der Waals surface area contributed by atoms with Crippen LogP contribution in [0.1, 0.15) is 54.7 Å². The number of likely N-dealkylation sites (tertiary alicyclic amines) is 2. The molecule has 1 N–H and O–H groups in total. The molecule has 0 unspecified atom stereocenters. The number of fused-ring (bicyclic) bond motifs is 1. The molecule has 2 aliphatic rings. The fraction of sp³-hybridized carbons (Fsp3) is 0.476. The first-order chi connectivity index (χ1) is 13.6. The van der Waals surface area contributed by atoms with Crippen molar-refractivity contribution >= 4 is 11.8 Å². The molecule has 0 aliphatic carbocycles. The summed E-state index contributed by atoms with van der Waals surface area (Å²) in [5.74, 6) is -0.282. The van der Waals surface area contributed by atoms with Crippen LogP contribution in [0.15, 0.2) is 36.7 Å². The van der Waals surface area contributed by atoms with Crippen LogP contribution in [0.4, 0.5) is 4.39 Å². The van der Waals surface area contributed by atoms with Crippen LogP contribution < -0.4 is 0 Å². The molecule has 0 saturated carbocycles. The van der Waals surface area contributed by atoms with Gasteiger partial charge < -0.3 is 14.8 Å². The Morgan fingerprint density at radius 3 is 2.79 bits per heavy atom. The zero-order valence-corrected chi connectivity index (χ0v) is 16.0. The molecule has 1 aromatic carbocycles. The number of amides is 2. The summed E-state index contributed by atoms with van der Waals surface area (Å²) in [7, 11) is 0. The number of aromatic nitrogens is 2. The van der Waals surface area contributed by atoms with E-state index in [2.05, 4.69) is 9.97 Å². The minimum Gasteiger partial charge on any atom is -0.341 e. The van der Waals surface area contributed by atoms with Gasteiger partial charge in [0.15, 0.2) is 5.82 Å². The molecule has 3 atom stereocenters. The summed E-state index contributed by atoms with van der Waals surface area (Å²) in [5, 5.41) is 0. The normalized spacial score (nSPS) is 25.1. The van der Waals surface area contributed by atoms with E-state index < -0.39 is 0 Å². The highest BCUT2D eigenvalue weighted by atomic mass is 19.1. The molecule has 0 radical (unpaired) electrons. The molecule has 2 fully saturated rings. The van der Waals surface area contributed by atoms with Gasteiger partial charge in [-0.3, -0.25) is 9.59 Å². The molecule has 2 aliphatic heterocycles. The predicted octanol–water partition coefficient (Wildman–Crippen LogP) is 2.95. The maximum atomic E-state index is 13.9. The highest BCUT2D eigenvalue weighted by Gasteiger charge is 2.48. The van der Waals surface area contributed by atoms with E-state index in [-0.39, 0.29) is 35.6 Å². The fourth-order valence-electron chi connectivity index (χ4n) is 4.78. The molecule has 3 heterocycles. The summed E-state index contributed by atoms with van der Waals surface area (Å²) in [4.78, 5) is 36.4. The van der Waals surface area contributed by atoms with E-state index in [0.29, 0.717) is 18.9 Å². The maximum Gasteiger partial charge on any atom is 0.289 e. The summed E-state index contributed by atoms with van der Waals surface area (Å²) in [6.45, 7) is 2.70. The lowest BCUT2D eigenvalue weighted by atomic mass is 9.86. The lowest BCUT2D eigenvalue weighted by Gasteiger charge is -2.38. The number of aromatic amines is 1. The van der Waals surface area contributed by atoms with Crippen molar-refractivity contribution in [3.8, 4) is 0 Å². The second-order valence-corrected chi connectivity index (χ2v) is 7.68. The van der Waals surface area contributed by atoms with Crippen LogP contribution >= 0.6 is 0 Å². The average Bonchev–Trinajstić information content (AvgIpc) is 3.29. The van der Waals surface area contributed by atoms with Crippen LogP contribution in [0.2, 0.25) is 0 Å². The molecular weight excluding hydrogens is 359 g/mol. The number of nitrogens with one attached hydrogen (secondary N) is 1. The van der Waals surface area contributed by atoms with Gasteiger partial charge >= 0.3 is 0 Å². The van der Waals surface area contributed by atoms with Crippen molar-refractivity contribution in [3.63, 3.8) is 0 Å². The molecule has 28 heavy (non-hydrogen) atoms. The van der Waals surface area contributed by atoms with E-state index in [1.807, 2.05) is 15.9 Å². The van der Waals surface area contributed by atoms with E-state index >= 15 is 0 Å². The number of nitrogens with zero attached hydrogens (tertiary/aromatic N) is 3. The van der Waals surface area contributed by atoms with E-state index in [0.717, 1.165) is 31.2 Å². The number of carbonyl (C=O) groups is 2. The highest BCUT2D eigenvalue weighted by Crippen LogP contribution is 2.39. The molecule has 2 saturated heterocycles. The first kappa shape index (κ1) is 18.7. The third-order valence-electron chi connectivity index (χ3n) is 6.00. The van der Waals surface area contributed by atoms with Gasteiger partial charge in [-0.15, -0.1) is 0 Å². The average molecular weight is 384 g/mol. The van der Waals surface area contributed by atoms with Gasteiger partial charge in [0, 0.05) is 38.3 Å². The zero-order chi connectivity index (χ0) is 19.7. The Morgan fingerprint density at radius 1 is 1.21 bits per heavy atom. The van der Waals surface area contributed by atoms with Crippen LogP contribution in [0.5, 0.6) is 0 Å². The van der Waals surface area contributed by atoms with Crippen LogP contribution in [0, 0.1) is 5.82 Å². The van der Waals surface area contributed by atoms with Crippen molar-refractivity contribution in [3.05, 3.63) is 53.9 Å². The van der Waals surface area contributed by atoms with Crippen LogP contribution in [-0.4, -0.2) is 56.8 Å². The van der Waals surface area contributed by atoms with Crippen molar-refractivity contribution in [2.24, 2.45) is 0 Å². The molecule has 1 aromatic heterocycles. The molecule has 2 amide bonds. The van der Waals surface area contributed by atoms with Crippen LogP contribution in [0.25, 0.3) is 0 Å². The largest absolute Gasteiger partial charge is 0.341 e. The first-order valence-electron chi connectivity index (χ1n) is 9.89. The van der Waals surface area contributed by atoms with E-state index in [1.165, 1.54) is 12.1 Å². The molecule has 6 nitrogen and oxygen atoms in total. The summed E-state index contributed by atoms with van der Waals surface area (Å²) in [6.07, 6.45) is 7.00. The Bertz CT molecular complexity index is 854. The van der Waals surface area contributed by atoms with E-state index in [1.54, 1.807) is 25.4 Å². The minimum absolute atomic E-state index is 0.00519. The van der Waals surface area contributed by atoms with Crippen molar-refractivity contribution in [2.45, 2.75) is 50.6 Å². The Hall–Kier alpha value is -2.70. The smallest absolute Gasteiger partial charge is 0.289 e. The van der Waals surface area contributed by atoms with E-state index in [4.69, 9.17) is 0 Å². The van der Waals surface area contributed by atoms with Crippen molar-refractivity contribution in [2.75, 3.05) is 13.1 Å². The van der Waals surface area contributed by atoms with Crippen LogP contribution in [-0.2, 0) is 4.79 Å². The lowest BCUT2D eigenvalue weighted by Crippen LogP contribution is -2.51. The van der Waals surface area contributed by atoms with Gasteiger partial charge in [-0.25, -0.2) is 9.37 Å². The number of H-pyrrole nitrogens is 1. The van der Waals surface area contributed by atoms with Crippen molar-refractivity contribution < 1.29 is 14.0 Å². The summed E-state index contributed by atoms with van der Waals surface area (Å²) >= 11 is 0. The standard InChI is InChI=1S/C21H25FN4O2/c1-14(27)25-11-4-2-3-8-18-19(25)17(15-6-5-7-16(22)12-15)13-26(18)21(28)20-23-9-10-24-20/h5-7,9-10,12,17-19H,2-4,8,11,13H2,1H3,(H,23,24)/t17-,18+,19-/m0/s1.